The predicted octanol–water partition coefficient (Wildman–Crippen LogP) is -0.920. The summed E-state index contributed by atoms with van der Waals surface area (Å²) < 4.78 is 10.4. The van der Waals surface area contributed by atoms with Gasteiger partial charge in [0, 0.05) is 24.5 Å². The summed E-state index contributed by atoms with van der Waals surface area (Å²) in [5.74, 6) is 0. The fourth-order valence-electron chi connectivity index (χ4n) is 1.01. The molecule has 0 saturated carbocycles. The van der Waals surface area contributed by atoms with E-state index in [2.05, 4.69) is 0 Å². The summed E-state index contributed by atoms with van der Waals surface area (Å²) in [4.78, 5) is 0. The fraction of sp³-hybridized carbons (Fsp3) is 1.00. The second-order valence-corrected chi connectivity index (χ2v) is 4.80. The highest BCUT2D eigenvalue weighted by Crippen LogP contribution is 2.12. The number of nitrogens with two attached hydrogens (primary N) is 1. The van der Waals surface area contributed by atoms with Gasteiger partial charge >= 0.3 is 0 Å². The summed E-state index contributed by atoms with van der Waals surface area (Å²) in [6.45, 7) is 1.42. The molecule has 0 aromatic heterocycles. The van der Waals surface area contributed by atoms with Crippen LogP contribution in [0.15, 0.2) is 0 Å². The normalized spacial score (nSPS) is 16.6. The van der Waals surface area contributed by atoms with Crippen LogP contribution in [0.2, 0.25) is 0 Å². The molecule has 11 heavy (non-hydrogen) atoms. The van der Waals surface area contributed by atoms with Crippen molar-refractivity contribution >= 4 is 10.2 Å². The maximum atomic E-state index is 5.41. The van der Waals surface area contributed by atoms with Crippen LogP contribution in [0.5, 0.6) is 0 Å². The zero-order chi connectivity index (χ0) is 8.74. The molecule has 0 spiro atoms. The lowest BCUT2D eigenvalue weighted by Crippen LogP contribution is -2.37. The summed E-state index contributed by atoms with van der Waals surface area (Å²) in [6.07, 6.45) is 2.03. The van der Waals surface area contributed by atoms with Crippen LogP contribution in [0.3, 0.4) is 0 Å². The zero-order valence-electron chi connectivity index (χ0n) is 7.72. The molecule has 2 N–H and O–H groups in total. The predicted molar refractivity (Wildman–Crippen MR) is 49.8 cm³/mol. The molecule has 0 aliphatic heterocycles. The molecular weight excluding hydrogens is 158 g/mol. The molecule has 0 radical (unpaired) electrons. The van der Waals surface area contributed by atoms with Crippen LogP contribution in [0.1, 0.15) is 12.8 Å². The summed E-state index contributed by atoms with van der Waals surface area (Å²) in [5.41, 5.74) is 5.41. The van der Waals surface area contributed by atoms with Gasteiger partial charge in [0.2, 0.25) is 0 Å². The third-order valence-electron chi connectivity index (χ3n) is 1.85. The van der Waals surface area contributed by atoms with Crippen molar-refractivity contribution in [3.05, 3.63) is 0 Å². The van der Waals surface area contributed by atoms with E-state index in [0.29, 0.717) is 6.61 Å². The first-order valence-corrected chi connectivity index (χ1v) is 4.92. The van der Waals surface area contributed by atoms with Gasteiger partial charge in [-0.2, -0.15) is 0 Å². The lowest BCUT2D eigenvalue weighted by Gasteiger charge is -2.27. The average Bonchev–Trinajstić information content (AvgIpc) is 2.02. The van der Waals surface area contributed by atoms with Gasteiger partial charge in [-0.1, -0.05) is 0 Å². The maximum Gasteiger partial charge on any atom is 0.0712 e. The minimum Gasteiger partial charge on any atom is -0.382 e. The lowest BCUT2D eigenvalue weighted by atomic mass is 10.2. The van der Waals surface area contributed by atoms with Gasteiger partial charge in [-0.25, -0.2) is 0 Å². The van der Waals surface area contributed by atoms with Gasteiger partial charge in [0.25, 0.3) is 0 Å². The molecule has 1 unspecified atom stereocenters. The van der Waals surface area contributed by atoms with Crippen LogP contribution in [-0.2, 0) is 9.47 Å². The Morgan fingerprint density at radius 1 is 1.45 bits per heavy atom. The van der Waals surface area contributed by atoms with Crippen molar-refractivity contribution in [1.82, 2.24) is 0 Å². The topological polar surface area (TPSA) is 44.5 Å². The molecule has 0 amide bonds. The first-order chi connectivity index (χ1) is 5.18. The van der Waals surface area contributed by atoms with Crippen LogP contribution in [0, 0.1) is 0 Å². The summed E-state index contributed by atoms with van der Waals surface area (Å²) in [5, 5.41) is -0.0197. The molecule has 1 atom stereocenters. The number of methoxy groups -OCH3 is 2. The van der Waals surface area contributed by atoms with Crippen molar-refractivity contribution in [1.29, 1.82) is 0 Å². The highest BCUT2D eigenvalue weighted by atomic mass is 28.1. The minimum atomic E-state index is -0.0197. The van der Waals surface area contributed by atoms with Crippen LogP contribution in [-0.4, -0.2) is 42.8 Å². The van der Waals surface area contributed by atoms with Gasteiger partial charge in [-0.3, -0.25) is 0 Å². The minimum absolute atomic E-state index is 0.0197. The van der Waals surface area contributed by atoms with Crippen molar-refractivity contribution in [3.63, 3.8) is 0 Å². The van der Waals surface area contributed by atoms with E-state index in [1.165, 1.54) is 0 Å². The fourth-order valence-corrected chi connectivity index (χ4v) is 1.66. The summed E-state index contributed by atoms with van der Waals surface area (Å²) >= 11 is 0. The van der Waals surface area contributed by atoms with Crippen LogP contribution in [0.4, 0.5) is 0 Å². The number of hydrogen-bond acceptors (Lipinski definition) is 3. The van der Waals surface area contributed by atoms with Crippen molar-refractivity contribution in [2.24, 2.45) is 5.73 Å². The largest absolute Gasteiger partial charge is 0.382 e. The van der Waals surface area contributed by atoms with Crippen molar-refractivity contribution in [2.75, 3.05) is 27.4 Å². The van der Waals surface area contributed by atoms with Crippen molar-refractivity contribution < 1.29 is 9.47 Å². The summed E-state index contributed by atoms with van der Waals surface area (Å²) in [6, 6.07) is 0. The Morgan fingerprint density at radius 3 is 2.45 bits per heavy atom. The molecule has 0 fully saturated rings. The van der Waals surface area contributed by atoms with Crippen LogP contribution >= 0.6 is 0 Å². The molecule has 3 nitrogen and oxygen atoms in total. The van der Waals surface area contributed by atoms with Crippen LogP contribution < -0.4 is 5.73 Å². The standard InChI is InChI=1S/C7H19NO2Si/c1-9-6-7(11,10-2)4-3-5-8/h3-6,8H2,1-2,11H3. The van der Waals surface area contributed by atoms with Crippen molar-refractivity contribution in [2.45, 2.75) is 18.1 Å². The molecule has 4 heteroatoms. The first kappa shape index (κ1) is 11.1. The number of rotatable bonds is 6. The van der Waals surface area contributed by atoms with E-state index < -0.39 is 0 Å². The van der Waals surface area contributed by atoms with E-state index in [0.717, 1.165) is 29.6 Å². The van der Waals surface area contributed by atoms with Gasteiger partial charge in [-0.05, 0) is 19.4 Å². The molecule has 0 bridgehead atoms. The van der Waals surface area contributed by atoms with Gasteiger partial charge in [0.15, 0.2) is 0 Å². The third-order valence-corrected chi connectivity index (χ3v) is 3.05. The Balaban J connectivity index is 3.68. The Morgan fingerprint density at radius 2 is 2.09 bits per heavy atom. The van der Waals surface area contributed by atoms with Gasteiger partial charge in [0.1, 0.15) is 0 Å². The molecule has 0 saturated heterocycles. The maximum absolute atomic E-state index is 5.41. The van der Waals surface area contributed by atoms with Gasteiger partial charge < -0.3 is 15.2 Å². The Labute approximate surface area is 71.7 Å². The Kier molecular flexibility index (Phi) is 5.76. The van der Waals surface area contributed by atoms with Gasteiger partial charge in [-0.15, -0.1) is 0 Å². The summed E-state index contributed by atoms with van der Waals surface area (Å²) in [7, 11) is 4.43. The molecule has 68 valence electrons. The molecule has 0 rings (SSSR count). The molecule has 0 aromatic rings. The van der Waals surface area contributed by atoms with E-state index in [1.807, 2.05) is 0 Å². The third kappa shape index (κ3) is 4.52. The molecule has 0 aliphatic carbocycles. The molecule has 0 aromatic carbocycles. The van der Waals surface area contributed by atoms with E-state index in [9.17, 15) is 0 Å². The lowest BCUT2D eigenvalue weighted by molar-refractivity contribution is -0.00981. The highest BCUT2D eigenvalue weighted by Gasteiger charge is 2.21. The van der Waals surface area contributed by atoms with Gasteiger partial charge in [0.05, 0.1) is 11.8 Å². The Bertz CT molecular complexity index is 102. The average molecular weight is 177 g/mol. The molecule has 0 aliphatic rings. The van der Waals surface area contributed by atoms with E-state index in [4.69, 9.17) is 15.2 Å². The monoisotopic (exact) mass is 177 g/mol. The SMILES string of the molecule is COCC([SiH3])(CCCN)OC. The number of ether oxygens (including phenoxy) is 2. The second-order valence-electron chi connectivity index (χ2n) is 2.98. The van der Waals surface area contributed by atoms with E-state index in [-0.39, 0.29) is 5.22 Å². The quantitative estimate of drug-likeness (QED) is 0.534. The molecule has 0 heterocycles. The van der Waals surface area contributed by atoms with E-state index >= 15 is 0 Å². The molecular formula is C7H19NO2Si. The number of hydrogen-bond donors (Lipinski definition) is 1. The van der Waals surface area contributed by atoms with Crippen molar-refractivity contribution in [3.8, 4) is 0 Å². The Hall–Kier alpha value is 0.0969. The highest BCUT2D eigenvalue weighted by molar-refractivity contribution is 6.14. The van der Waals surface area contributed by atoms with Crippen LogP contribution in [0.25, 0.3) is 0 Å². The van der Waals surface area contributed by atoms with E-state index in [1.54, 1.807) is 14.2 Å². The zero-order valence-corrected chi connectivity index (χ0v) is 9.72. The smallest absolute Gasteiger partial charge is 0.0712 e. The first-order valence-electron chi connectivity index (χ1n) is 3.92. The second kappa shape index (κ2) is 5.71.